The van der Waals surface area contributed by atoms with E-state index >= 15 is 0 Å². The first kappa shape index (κ1) is 17.3. The van der Waals surface area contributed by atoms with Crippen molar-refractivity contribution >= 4 is 35.4 Å². The molecule has 6 heteroatoms. The van der Waals surface area contributed by atoms with Crippen LogP contribution in [0.4, 0.5) is 0 Å². The van der Waals surface area contributed by atoms with E-state index in [1.165, 1.54) is 23.5 Å². The van der Waals surface area contributed by atoms with Crippen molar-refractivity contribution in [1.29, 1.82) is 0 Å². The number of fused-ring (bicyclic) bond motifs is 1. The van der Waals surface area contributed by atoms with E-state index in [4.69, 9.17) is 0 Å². The minimum atomic E-state index is -0.852. The van der Waals surface area contributed by atoms with Gasteiger partial charge in [0.15, 0.2) is 0 Å². The largest absolute Gasteiger partial charge is 0.480 e. The maximum absolute atomic E-state index is 12.9. The maximum Gasteiger partial charge on any atom is 0.326 e. The van der Waals surface area contributed by atoms with Crippen molar-refractivity contribution in [2.24, 2.45) is 11.8 Å². The molecule has 3 atom stereocenters. The van der Waals surface area contributed by atoms with E-state index in [1.54, 1.807) is 4.90 Å². The predicted octanol–water partition coefficient (Wildman–Crippen LogP) is 3.88. The number of thioether (sulfide) groups is 2. The summed E-state index contributed by atoms with van der Waals surface area (Å²) >= 11 is 3.92. The molecular formula is C19H23NO3S2. The van der Waals surface area contributed by atoms with E-state index in [0.717, 1.165) is 19.3 Å². The van der Waals surface area contributed by atoms with Crippen LogP contribution in [0.5, 0.6) is 0 Å². The molecule has 134 valence electrons. The monoisotopic (exact) mass is 377 g/mol. The van der Waals surface area contributed by atoms with Crippen molar-refractivity contribution in [2.75, 3.05) is 18.1 Å². The molecule has 0 bridgehead atoms. The molecule has 25 heavy (non-hydrogen) atoms. The Balaban J connectivity index is 1.51. The smallest absolute Gasteiger partial charge is 0.326 e. The Labute approximate surface area is 156 Å². The van der Waals surface area contributed by atoms with Gasteiger partial charge in [0.05, 0.1) is 4.58 Å². The summed E-state index contributed by atoms with van der Waals surface area (Å²) in [7, 11) is 0. The average molecular weight is 378 g/mol. The summed E-state index contributed by atoms with van der Waals surface area (Å²) in [6.07, 6.45) is 4.33. The highest BCUT2D eigenvalue weighted by Crippen LogP contribution is 2.44. The number of carbonyl (C=O) groups is 2. The van der Waals surface area contributed by atoms with E-state index in [-0.39, 0.29) is 11.8 Å². The minimum absolute atomic E-state index is 0.127. The van der Waals surface area contributed by atoms with Crippen LogP contribution in [0.3, 0.4) is 0 Å². The second-order valence-corrected chi connectivity index (χ2v) is 9.87. The van der Waals surface area contributed by atoms with Gasteiger partial charge in [0.25, 0.3) is 5.91 Å². The quantitative estimate of drug-likeness (QED) is 0.866. The number of hydrogen-bond acceptors (Lipinski definition) is 4. The number of benzene rings is 1. The molecule has 1 N–H and O–H groups in total. The topological polar surface area (TPSA) is 57.6 Å². The van der Waals surface area contributed by atoms with Crippen molar-refractivity contribution in [2.45, 2.75) is 36.3 Å². The van der Waals surface area contributed by atoms with Crippen molar-refractivity contribution < 1.29 is 14.7 Å². The summed E-state index contributed by atoms with van der Waals surface area (Å²) < 4.78 is 0.454. The lowest BCUT2D eigenvalue weighted by atomic mass is 9.94. The van der Waals surface area contributed by atoms with Crippen molar-refractivity contribution in [3.63, 3.8) is 0 Å². The zero-order valence-electron chi connectivity index (χ0n) is 14.1. The van der Waals surface area contributed by atoms with Gasteiger partial charge in [-0.05, 0) is 60.3 Å². The van der Waals surface area contributed by atoms with Gasteiger partial charge in [-0.1, -0.05) is 18.6 Å². The summed E-state index contributed by atoms with van der Waals surface area (Å²) in [5.41, 5.74) is 1.86. The number of carboxylic acid groups (broad SMARTS) is 1. The number of carbonyl (C=O) groups excluding carboxylic acids is 1. The van der Waals surface area contributed by atoms with Crippen LogP contribution in [0.15, 0.2) is 24.3 Å². The van der Waals surface area contributed by atoms with E-state index in [1.807, 2.05) is 47.8 Å². The first-order valence-corrected chi connectivity index (χ1v) is 11.1. The fourth-order valence-corrected chi connectivity index (χ4v) is 7.35. The van der Waals surface area contributed by atoms with E-state index < -0.39 is 12.0 Å². The lowest BCUT2D eigenvalue weighted by molar-refractivity contribution is -0.142. The lowest BCUT2D eigenvalue weighted by Gasteiger charge is -2.25. The fourth-order valence-electron chi connectivity index (χ4n) is 4.46. The summed E-state index contributed by atoms with van der Waals surface area (Å²) in [5, 5.41) is 9.64. The number of likely N-dealkylation sites (tertiary alicyclic amines) is 1. The molecule has 1 amide bonds. The van der Waals surface area contributed by atoms with Crippen LogP contribution in [0.1, 0.15) is 46.2 Å². The predicted molar refractivity (Wildman–Crippen MR) is 102 cm³/mol. The Morgan fingerprint density at radius 2 is 1.76 bits per heavy atom. The Hall–Kier alpha value is -1.14. The number of rotatable bonds is 3. The molecule has 2 aliphatic heterocycles. The van der Waals surface area contributed by atoms with Crippen LogP contribution in [-0.2, 0) is 4.79 Å². The van der Waals surface area contributed by atoms with Crippen LogP contribution in [0, 0.1) is 11.8 Å². The molecule has 1 saturated carbocycles. The number of amides is 1. The molecular weight excluding hydrogens is 354 g/mol. The van der Waals surface area contributed by atoms with E-state index in [9.17, 15) is 14.7 Å². The lowest BCUT2D eigenvalue weighted by Crippen LogP contribution is -2.43. The van der Waals surface area contributed by atoms with Gasteiger partial charge < -0.3 is 10.0 Å². The highest BCUT2D eigenvalue weighted by Gasteiger charge is 2.49. The van der Waals surface area contributed by atoms with Crippen LogP contribution in [0.25, 0.3) is 0 Å². The van der Waals surface area contributed by atoms with Gasteiger partial charge in [-0.25, -0.2) is 4.79 Å². The number of carboxylic acids is 1. The maximum atomic E-state index is 12.9. The second kappa shape index (κ2) is 7.23. The number of aliphatic carboxylic acids is 1. The minimum Gasteiger partial charge on any atom is -0.480 e. The van der Waals surface area contributed by atoms with E-state index in [2.05, 4.69) is 0 Å². The van der Waals surface area contributed by atoms with Crippen molar-refractivity contribution in [3.8, 4) is 0 Å². The van der Waals surface area contributed by atoms with Gasteiger partial charge in [0.1, 0.15) is 6.04 Å². The highest BCUT2D eigenvalue weighted by molar-refractivity contribution is 8.16. The number of nitrogens with zero attached hydrogens (tertiary/aromatic N) is 1. The molecule has 0 spiro atoms. The van der Waals surface area contributed by atoms with Gasteiger partial charge in [-0.2, -0.15) is 0 Å². The van der Waals surface area contributed by atoms with Crippen molar-refractivity contribution in [1.82, 2.24) is 4.90 Å². The molecule has 3 unspecified atom stereocenters. The zero-order valence-corrected chi connectivity index (χ0v) is 15.7. The molecule has 1 aromatic carbocycles. The molecule has 4 nitrogen and oxygen atoms in total. The van der Waals surface area contributed by atoms with E-state index in [0.29, 0.717) is 22.6 Å². The Morgan fingerprint density at radius 3 is 2.44 bits per heavy atom. The van der Waals surface area contributed by atoms with Gasteiger partial charge in [-0.3, -0.25) is 4.79 Å². The second-order valence-electron chi connectivity index (χ2n) is 7.14. The molecule has 0 aromatic heterocycles. The summed E-state index contributed by atoms with van der Waals surface area (Å²) in [5.74, 6) is 1.89. The highest BCUT2D eigenvalue weighted by atomic mass is 32.2. The van der Waals surface area contributed by atoms with Crippen LogP contribution < -0.4 is 0 Å². The zero-order chi connectivity index (χ0) is 17.4. The fraction of sp³-hybridized carbons (Fsp3) is 0.579. The molecule has 2 heterocycles. The molecule has 1 aliphatic carbocycles. The van der Waals surface area contributed by atoms with Gasteiger partial charge >= 0.3 is 5.97 Å². The van der Waals surface area contributed by atoms with Crippen molar-refractivity contribution in [3.05, 3.63) is 35.4 Å². The first-order chi connectivity index (χ1) is 12.1. The van der Waals surface area contributed by atoms with Gasteiger partial charge in [0.2, 0.25) is 0 Å². The molecule has 3 aliphatic rings. The Bertz CT molecular complexity index is 657. The first-order valence-electron chi connectivity index (χ1n) is 9.02. The SMILES string of the molecule is O=C(O)C1C2CCCC2CN1C(=O)c1ccc(C2SCCCS2)cc1. The Kier molecular flexibility index (Phi) is 5.00. The average Bonchev–Trinajstić information content (AvgIpc) is 3.22. The van der Waals surface area contributed by atoms with Crippen LogP contribution >= 0.6 is 23.5 Å². The molecule has 3 fully saturated rings. The van der Waals surface area contributed by atoms with Crippen LogP contribution in [0.2, 0.25) is 0 Å². The van der Waals surface area contributed by atoms with Gasteiger partial charge in [-0.15, -0.1) is 23.5 Å². The molecule has 1 aromatic rings. The van der Waals surface area contributed by atoms with Gasteiger partial charge in [0, 0.05) is 12.1 Å². The van der Waals surface area contributed by atoms with Crippen LogP contribution in [-0.4, -0.2) is 46.0 Å². The third-order valence-corrected chi connectivity index (χ3v) is 8.68. The normalized spacial score (nSPS) is 29.6. The summed E-state index contributed by atoms with van der Waals surface area (Å²) in [6.45, 7) is 0.594. The third kappa shape index (κ3) is 3.31. The molecule has 4 rings (SSSR count). The Morgan fingerprint density at radius 1 is 1.04 bits per heavy atom. The standard InChI is InChI=1S/C19H23NO3S2/c21-17(20-11-14-3-1-4-15(14)16(20)18(22)23)12-5-7-13(8-6-12)19-24-9-2-10-25-19/h5-8,14-16,19H,1-4,9-11H2,(H,22,23). The third-order valence-electron chi connectivity index (χ3n) is 5.66. The molecule has 2 saturated heterocycles. The number of hydrogen-bond donors (Lipinski definition) is 1. The summed E-state index contributed by atoms with van der Waals surface area (Å²) in [4.78, 5) is 26.3. The molecule has 0 radical (unpaired) electrons. The summed E-state index contributed by atoms with van der Waals surface area (Å²) in [6, 6.07) is 7.18.